The molecule has 1 aliphatic rings. The zero-order valence-electron chi connectivity index (χ0n) is 11.5. The lowest BCUT2D eigenvalue weighted by molar-refractivity contribution is -0.140. The molecule has 1 heterocycles. The molecule has 1 aromatic carbocycles. The molecule has 20 heavy (non-hydrogen) atoms. The summed E-state index contributed by atoms with van der Waals surface area (Å²) in [5.74, 6) is 1.74. The summed E-state index contributed by atoms with van der Waals surface area (Å²) in [4.78, 5) is 14.0. The van der Waals surface area contributed by atoms with E-state index in [1.54, 1.807) is 4.90 Å². The molecular formula is C16H19NO3. The summed E-state index contributed by atoms with van der Waals surface area (Å²) >= 11 is 0. The van der Waals surface area contributed by atoms with Crippen molar-refractivity contribution in [1.82, 2.24) is 4.90 Å². The quantitative estimate of drug-likeness (QED) is 0.825. The van der Waals surface area contributed by atoms with E-state index in [4.69, 9.17) is 11.2 Å². The first kappa shape index (κ1) is 14.6. The van der Waals surface area contributed by atoms with Crippen molar-refractivity contribution in [3.63, 3.8) is 0 Å². The Kier molecular flexibility index (Phi) is 4.78. The number of aliphatic hydroxyl groups is 1. The van der Waals surface area contributed by atoms with Crippen LogP contribution in [-0.2, 0) is 16.1 Å². The maximum atomic E-state index is 12.4. The minimum absolute atomic E-state index is 0.141. The van der Waals surface area contributed by atoms with Gasteiger partial charge < -0.3 is 14.7 Å². The number of amides is 1. The Labute approximate surface area is 119 Å². The Morgan fingerprint density at radius 1 is 1.40 bits per heavy atom. The fraction of sp³-hybridized carbons (Fsp3) is 0.438. The van der Waals surface area contributed by atoms with Crippen molar-refractivity contribution < 1.29 is 14.6 Å². The molecule has 2 rings (SSSR count). The van der Waals surface area contributed by atoms with Crippen molar-refractivity contribution in [3.05, 3.63) is 35.9 Å². The highest BCUT2D eigenvalue weighted by atomic mass is 16.5. The lowest BCUT2D eigenvalue weighted by Crippen LogP contribution is -2.38. The van der Waals surface area contributed by atoms with Gasteiger partial charge in [0.25, 0.3) is 0 Å². The molecule has 0 spiro atoms. The highest BCUT2D eigenvalue weighted by Crippen LogP contribution is 2.29. The molecule has 0 unspecified atom stereocenters. The summed E-state index contributed by atoms with van der Waals surface area (Å²) in [5, 5.41) is 10.2. The summed E-state index contributed by atoms with van der Waals surface area (Å²) in [5.41, 5.74) is 0.999. The van der Waals surface area contributed by atoms with Crippen LogP contribution in [0.25, 0.3) is 0 Å². The normalized spacial score (nSPS) is 25.8. The van der Waals surface area contributed by atoms with Gasteiger partial charge >= 0.3 is 0 Å². The molecule has 4 nitrogen and oxygen atoms in total. The van der Waals surface area contributed by atoms with Crippen LogP contribution in [0, 0.1) is 18.3 Å². The van der Waals surface area contributed by atoms with Crippen molar-refractivity contribution in [1.29, 1.82) is 0 Å². The Bertz CT molecular complexity index is 494. The van der Waals surface area contributed by atoms with Crippen LogP contribution in [0.2, 0.25) is 0 Å². The largest absolute Gasteiger partial charge is 0.388 e. The number of carbonyl (C=O) groups is 1. The van der Waals surface area contributed by atoms with Crippen LogP contribution in [0.3, 0.4) is 0 Å². The van der Waals surface area contributed by atoms with E-state index < -0.39 is 18.2 Å². The van der Waals surface area contributed by atoms with Crippen molar-refractivity contribution in [3.8, 4) is 12.3 Å². The number of ether oxygens (including phenoxy) is 1. The molecule has 1 saturated heterocycles. The van der Waals surface area contributed by atoms with Gasteiger partial charge in [-0.1, -0.05) is 30.3 Å². The highest BCUT2D eigenvalue weighted by molar-refractivity contribution is 5.82. The van der Waals surface area contributed by atoms with Gasteiger partial charge in [0, 0.05) is 19.6 Å². The number of terminal acetylenes is 1. The van der Waals surface area contributed by atoms with Gasteiger partial charge in [-0.25, -0.2) is 0 Å². The SMILES string of the molecule is C#CC[C@@H]1C(=O)N(Cc2ccccc2)[C@H](OCC)[C@H]1O. The second-order valence-electron chi connectivity index (χ2n) is 4.80. The van der Waals surface area contributed by atoms with E-state index in [0.717, 1.165) is 5.56 Å². The van der Waals surface area contributed by atoms with Gasteiger partial charge in [0.2, 0.25) is 5.91 Å². The molecule has 1 fully saturated rings. The zero-order chi connectivity index (χ0) is 14.5. The minimum Gasteiger partial charge on any atom is -0.388 e. The van der Waals surface area contributed by atoms with Gasteiger partial charge in [0.15, 0.2) is 6.23 Å². The van der Waals surface area contributed by atoms with Gasteiger partial charge in [0.05, 0.1) is 5.92 Å². The Morgan fingerprint density at radius 3 is 2.70 bits per heavy atom. The van der Waals surface area contributed by atoms with E-state index in [9.17, 15) is 9.90 Å². The fourth-order valence-electron chi connectivity index (χ4n) is 2.51. The smallest absolute Gasteiger partial charge is 0.231 e. The van der Waals surface area contributed by atoms with E-state index in [0.29, 0.717) is 13.2 Å². The van der Waals surface area contributed by atoms with Gasteiger partial charge in [-0.2, -0.15) is 0 Å². The summed E-state index contributed by atoms with van der Waals surface area (Å²) in [6, 6.07) is 9.64. The number of rotatable bonds is 5. The van der Waals surface area contributed by atoms with E-state index in [1.807, 2.05) is 37.3 Å². The van der Waals surface area contributed by atoms with Crippen LogP contribution in [-0.4, -0.2) is 34.9 Å². The molecule has 0 radical (unpaired) electrons. The van der Waals surface area contributed by atoms with Gasteiger partial charge in [-0.3, -0.25) is 4.79 Å². The first-order chi connectivity index (χ1) is 9.69. The third-order valence-corrected chi connectivity index (χ3v) is 3.48. The molecule has 1 aliphatic heterocycles. The number of benzene rings is 1. The van der Waals surface area contributed by atoms with Gasteiger partial charge in [-0.15, -0.1) is 12.3 Å². The van der Waals surface area contributed by atoms with E-state index in [-0.39, 0.29) is 12.3 Å². The number of likely N-dealkylation sites (tertiary alicyclic amines) is 1. The first-order valence-corrected chi connectivity index (χ1v) is 6.76. The number of hydrogen-bond acceptors (Lipinski definition) is 3. The molecule has 3 atom stereocenters. The predicted molar refractivity (Wildman–Crippen MR) is 75.4 cm³/mol. The topological polar surface area (TPSA) is 49.8 Å². The lowest BCUT2D eigenvalue weighted by Gasteiger charge is -2.25. The molecular weight excluding hydrogens is 254 g/mol. The molecule has 1 aromatic rings. The monoisotopic (exact) mass is 273 g/mol. The van der Waals surface area contributed by atoms with E-state index in [1.165, 1.54) is 0 Å². The Morgan fingerprint density at radius 2 is 2.10 bits per heavy atom. The molecule has 0 aromatic heterocycles. The van der Waals surface area contributed by atoms with Crippen molar-refractivity contribution in [2.75, 3.05) is 6.61 Å². The molecule has 0 bridgehead atoms. The van der Waals surface area contributed by atoms with E-state index in [2.05, 4.69) is 5.92 Å². The van der Waals surface area contributed by atoms with Crippen molar-refractivity contribution in [2.24, 2.45) is 5.92 Å². The fourth-order valence-corrected chi connectivity index (χ4v) is 2.51. The van der Waals surface area contributed by atoms with Crippen LogP contribution in [0.15, 0.2) is 30.3 Å². The second kappa shape index (κ2) is 6.56. The van der Waals surface area contributed by atoms with Crippen molar-refractivity contribution in [2.45, 2.75) is 32.2 Å². The Balaban J connectivity index is 2.20. The molecule has 4 heteroatoms. The standard InChI is InChI=1S/C16H19NO3/c1-3-8-13-14(18)16(20-4-2)17(15(13)19)11-12-9-6-5-7-10-12/h1,5-7,9-10,13-14,16,18H,4,8,11H2,2H3/t13-,14-,16+/m0/s1. The van der Waals surface area contributed by atoms with Crippen LogP contribution in [0.4, 0.5) is 0 Å². The number of nitrogens with zero attached hydrogens (tertiary/aromatic N) is 1. The van der Waals surface area contributed by atoms with Crippen LogP contribution >= 0.6 is 0 Å². The second-order valence-corrected chi connectivity index (χ2v) is 4.80. The number of aliphatic hydroxyl groups excluding tert-OH is 1. The zero-order valence-corrected chi connectivity index (χ0v) is 11.5. The maximum Gasteiger partial charge on any atom is 0.231 e. The predicted octanol–water partition coefficient (Wildman–Crippen LogP) is 1.39. The number of carbonyl (C=O) groups excluding carboxylic acids is 1. The molecule has 0 aliphatic carbocycles. The summed E-state index contributed by atoms with van der Waals surface area (Å²) in [6.45, 7) is 2.69. The first-order valence-electron chi connectivity index (χ1n) is 6.76. The lowest BCUT2D eigenvalue weighted by atomic mass is 10.0. The van der Waals surface area contributed by atoms with Gasteiger partial charge in [-0.05, 0) is 12.5 Å². The minimum atomic E-state index is -0.873. The Hall–Kier alpha value is -1.83. The number of hydrogen-bond donors (Lipinski definition) is 1. The van der Waals surface area contributed by atoms with Crippen molar-refractivity contribution >= 4 is 5.91 Å². The average molecular weight is 273 g/mol. The molecule has 0 saturated carbocycles. The summed E-state index contributed by atoms with van der Waals surface area (Å²) in [7, 11) is 0. The van der Waals surface area contributed by atoms with E-state index >= 15 is 0 Å². The van der Waals surface area contributed by atoms with Crippen LogP contribution in [0.1, 0.15) is 18.9 Å². The molecule has 1 N–H and O–H groups in total. The third-order valence-electron chi connectivity index (χ3n) is 3.48. The molecule has 106 valence electrons. The summed E-state index contributed by atoms with van der Waals surface area (Å²) in [6.07, 6.45) is 4.02. The third kappa shape index (κ3) is 2.84. The molecule has 1 amide bonds. The van der Waals surface area contributed by atoms with Crippen LogP contribution < -0.4 is 0 Å². The summed E-state index contributed by atoms with van der Waals surface area (Å²) < 4.78 is 5.53. The maximum absolute atomic E-state index is 12.4. The highest BCUT2D eigenvalue weighted by Gasteiger charge is 2.47. The van der Waals surface area contributed by atoms with Gasteiger partial charge in [0.1, 0.15) is 6.10 Å². The van der Waals surface area contributed by atoms with Crippen LogP contribution in [0.5, 0.6) is 0 Å². The average Bonchev–Trinajstić information content (AvgIpc) is 2.67.